The largest absolute Gasteiger partial charge is 0.361 e. The minimum atomic E-state index is -0.132. The summed E-state index contributed by atoms with van der Waals surface area (Å²) in [5.74, 6) is 0.523. The van der Waals surface area contributed by atoms with Crippen molar-refractivity contribution in [3.8, 4) is 0 Å². The molecule has 0 spiro atoms. The highest BCUT2D eigenvalue weighted by molar-refractivity contribution is 5.96. The van der Waals surface area contributed by atoms with Crippen LogP contribution in [0.2, 0.25) is 0 Å². The number of aryl methyl sites for hydroxylation is 2. The maximum absolute atomic E-state index is 12.7. The Bertz CT molecular complexity index is 786. The summed E-state index contributed by atoms with van der Waals surface area (Å²) < 4.78 is 5.17. The van der Waals surface area contributed by atoms with Crippen LogP contribution < -0.4 is 5.32 Å². The van der Waals surface area contributed by atoms with Crippen molar-refractivity contribution in [2.24, 2.45) is 0 Å². The van der Waals surface area contributed by atoms with Crippen molar-refractivity contribution in [1.82, 2.24) is 10.5 Å². The SMILES string of the molecule is CCc1noc(C)c1C(=O)NCC(c1ccccc1)c1ccccc1. The Kier molecular flexibility index (Phi) is 5.29. The second-order valence-corrected chi connectivity index (χ2v) is 6.00. The van der Waals surface area contributed by atoms with E-state index in [2.05, 4.69) is 34.7 Å². The first kappa shape index (κ1) is 17.0. The van der Waals surface area contributed by atoms with Gasteiger partial charge in [-0.25, -0.2) is 0 Å². The van der Waals surface area contributed by atoms with E-state index in [-0.39, 0.29) is 11.8 Å². The van der Waals surface area contributed by atoms with E-state index >= 15 is 0 Å². The Morgan fingerprint density at radius 1 is 1.04 bits per heavy atom. The normalized spacial score (nSPS) is 10.8. The molecule has 3 aromatic rings. The molecule has 4 heteroatoms. The first-order valence-corrected chi connectivity index (χ1v) is 8.54. The molecule has 1 heterocycles. The maximum Gasteiger partial charge on any atom is 0.256 e. The molecule has 0 radical (unpaired) electrons. The molecule has 0 unspecified atom stereocenters. The fourth-order valence-corrected chi connectivity index (χ4v) is 3.03. The van der Waals surface area contributed by atoms with E-state index in [1.165, 1.54) is 11.1 Å². The predicted octanol–water partition coefficient (Wildman–Crippen LogP) is 4.11. The second-order valence-electron chi connectivity index (χ2n) is 6.00. The summed E-state index contributed by atoms with van der Waals surface area (Å²) >= 11 is 0. The number of nitrogens with zero attached hydrogens (tertiary/aromatic N) is 1. The minimum absolute atomic E-state index is 0.0941. The topological polar surface area (TPSA) is 55.1 Å². The van der Waals surface area contributed by atoms with Crippen LogP contribution in [0.25, 0.3) is 0 Å². The molecule has 1 N–H and O–H groups in total. The summed E-state index contributed by atoms with van der Waals surface area (Å²) in [4.78, 5) is 12.7. The average Bonchev–Trinajstić information content (AvgIpc) is 3.04. The summed E-state index contributed by atoms with van der Waals surface area (Å²) in [6, 6.07) is 20.4. The van der Waals surface area contributed by atoms with Gasteiger partial charge in [-0.3, -0.25) is 4.79 Å². The zero-order valence-corrected chi connectivity index (χ0v) is 14.5. The highest BCUT2D eigenvalue weighted by Crippen LogP contribution is 2.24. The molecular formula is C21H22N2O2. The van der Waals surface area contributed by atoms with Crippen LogP contribution in [0, 0.1) is 6.92 Å². The number of benzene rings is 2. The fraction of sp³-hybridized carbons (Fsp3) is 0.238. The molecule has 1 amide bonds. The molecule has 128 valence electrons. The Balaban J connectivity index is 1.82. The summed E-state index contributed by atoms with van der Waals surface area (Å²) in [7, 11) is 0. The lowest BCUT2D eigenvalue weighted by Gasteiger charge is -2.19. The molecule has 25 heavy (non-hydrogen) atoms. The summed E-state index contributed by atoms with van der Waals surface area (Å²) in [6.45, 7) is 4.25. The first-order valence-electron chi connectivity index (χ1n) is 8.54. The zero-order chi connectivity index (χ0) is 17.6. The number of amides is 1. The lowest BCUT2D eigenvalue weighted by atomic mass is 9.91. The molecule has 3 rings (SSSR count). The van der Waals surface area contributed by atoms with Gasteiger partial charge in [0.2, 0.25) is 0 Å². The van der Waals surface area contributed by atoms with Crippen molar-refractivity contribution in [2.75, 3.05) is 6.54 Å². The number of rotatable bonds is 6. The van der Waals surface area contributed by atoms with Gasteiger partial charge in [0.05, 0.1) is 5.69 Å². The Morgan fingerprint density at radius 3 is 2.12 bits per heavy atom. The van der Waals surface area contributed by atoms with Crippen molar-refractivity contribution < 1.29 is 9.32 Å². The van der Waals surface area contributed by atoms with Crippen LogP contribution in [0.3, 0.4) is 0 Å². The standard InChI is InChI=1S/C21H22N2O2/c1-3-19-20(15(2)25-23-19)21(24)22-14-18(16-10-6-4-7-11-16)17-12-8-5-9-13-17/h4-13,18H,3,14H2,1-2H3,(H,22,24). The third kappa shape index (κ3) is 3.79. The van der Waals surface area contributed by atoms with Gasteiger partial charge in [0.1, 0.15) is 11.3 Å². The van der Waals surface area contributed by atoms with Gasteiger partial charge in [-0.15, -0.1) is 0 Å². The van der Waals surface area contributed by atoms with Gasteiger partial charge in [-0.1, -0.05) is 72.7 Å². The van der Waals surface area contributed by atoms with Gasteiger partial charge in [0, 0.05) is 12.5 Å². The lowest BCUT2D eigenvalue weighted by Crippen LogP contribution is -2.29. The number of hydrogen-bond acceptors (Lipinski definition) is 3. The Hall–Kier alpha value is -2.88. The zero-order valence-electron chi connectivity index (χ0n) is 14.5. The molecular weight excluding hydrogens is 312 g/mol. The van der Waals surface area contributed by atoms with Crippen LogP contribution in [0.4, 0.5) is 0 Å². The highest BCUT2D eigenvalue weighted by atomic mass is 16.5. The van der Waals surface area contributed by atoms with E-state index in [9.17, 15) is 4.79 Å². The van der Waals surface area contributed by atoms with Crippen molar-refractivity contribution in [3.63, 3.8) is 0 Å². The summed E-state index contributed by atoms with van der Waals surface area (Å²) in [5.41, 5.74) is 3.60. The minimum Gasteiger partial charge on any atom is -0.361 e. The third-order valence-electron chi connectivity index (χ3n) is 4.37. The van der Waals surface area contributed by atoms with E-state index < -0.39 is 0 Å². The van der Waals surface area contributed by atoms with Crippen molar-refractivity contribution in [3.05, 3.63) is 88.8 Å². The smallest absolute Gasteiger partial charge is 0.256 e. The number of nitrogens with one attached hydrogen (secondary N) is 1. The Morgan fingerprint density at radius 2 is 1.60 bits per heavy atom. The van der Waals surface area contributed by atoms with Gasteiger partial charge < -0.3 is 9.84 Å². The number of aromatic nitrogens is 1. The summed E-state index contributed by atoms with van der Waals surface area (Å²) in [6.07, 6.45) is 0.668. The Labute approximate surface area is 147 Å². The number of hydrogen-bond donors (Lipinski definition) is 1. The van der Waals surface area contributed by atoms with Crippen LogP contribution >= 0.6 is 0 Å². The third-order valence-corrected chi connectivity index (χ3v) is 4.37. The molecule has 2 aromatic carbocycles. The number of carbonyl (C=O) groups is 1. The molecule has 0 saturated heterocycles. The van der Waals surface area contributed by atoms with Gasteiger partial charge in [0.15, 0.2) is 0 Å². The molecule has 0 aliphatic rings. The molecule has 0 saturated carbocycles. The number of carbonyl (C=O) groups excluding carboxylic acids is 1. The molecule has 1 aromatic heterocycles. The maximum atomic E-state index is 12.7. The van der Waals surface area contributed by atoms with E-state index in [4.69, 9.17) is 4.52 Å². The molecule has 0 aliphatic carbocycles. The van der Waals surface area contributed by atoms with Gasteiger partial charge in [0.25, 0.3) is 5.91 Å². The summed E-state index contributed by atoms with van der Waals surface area (Å²) in [5, 5.41) is 7.02. The highest BCUT2D eigenvalue weighted by Gasteiger charge is 2.21. The van der Waals surface area contributed by atoms with E-state index in [0.29, 0.717) is 30.0 Å². The monoisotopic (exact) mass is 334 g/mol. The fourth-order valence-electron chi connectivity index (χ4n) is 3.03. The van der Waals surface area contributed by atoms with Crippen molar-refractivity contribution in [1.29, 1.82) is 0 Å². The van der Waals surface area contributed by atoms with E-state index in [1.54, 1.807) is 6.92 Å². The van der Waals surface area contributed by atoms with Crippen LogP contribution in [-0.4, -0.2) is 17.6 Å². The van der Waals surface area contributed by atoms with E-state index in [1.807, 2.05) is 43.3 Å². The molecule has 0 bridgehead atoms. The van der Waals surface area contributed by atoms with Crippen molar-refractivity contribution >= 4 is 5.91 Å². The van der Waals surface area contributed by atoms with Crippen LogP contribution in [-0.2, 0) is 6.42 Å². The first-order chi connectivity index (χ1) is 12.2. The molecule has 0 fully saturated rings. The van der Waals surface area contributed by atoms with Gasteiger partial charge >= 0.3 is 0 Å². The average molecular weight is 334 g/mol. The van der Waals surface area contributed by atoms with Gasteiger partial charge in [-0.2, -0.15) is 0 Å². The van der Waals surface area contributed by atoms with Gasteiger partial charge in [-0.05, 0) is 24.5 Å². The lowest BCUT2D eigenvalue weighted by molar-refractivity contribution is 0.0950. The van der Waals surface area contributed by atoms with Crippen LogP contribution in [0.1, 0.15) is 45.8 Å². The van der Waals surface area contributed by atoms with E-state index in [0.717, 1.165) is 0 Å². The van der Waals surface area contributed by atoms with Crippen molar-refractivity contribution in [2.45, 2.75) is 26.2 Å². The van der Waals surface area contributed by atoms with Crippen LogP contribution in [0.5, 0.6) is 0 Å². The second kappa shape index (κ2) is 7.79. The predicted molar refractivity (Wildman–Crippen MR) is 97.7 cm³/mol. The molecule has 0 atom stereocenters. The van der Waals surface area contributed by atoms with Crippen LogP contribution in [0.15, 0.2) is 65.2 Å². The quantitative estimate of drug-likeness (QED) is 0.738. The molecule has 0 aliphatic heterocycles. The molecule has 4 nitrogen and oxygen atoms in total.